The fraction of sp³-hybridized carbons (Fsp3) is 0.625. The summed E-state index contributed by atoms with van der Waals surface area (Å²) in [6, 6.07) is 0. The molecule has 2 N–H and O–H groups in total. The van der Waals surface area contributed by atoms with Gasteiger partial charge in [0.15, 0.2) is 0 Å². The molecule has 0 aliphatic carbocycles. The summed E-state index contributed by atoms with van der Waals surface area (Å²) in [4.78, 5) is 11.3. The van der Waals surface area contributed by atoms with Crippen molar-refractivity contribution in [1.29, 1.82) is 0 Å². The van der Waals surface area contributed by atoms with E-state index in [4.69, 9.17) is 9.84 Å². The molecule has 0 heterocycles. The molecule has 4 heteroatoms. The van der Waals surface area contributed by atoms with Crippen molar-refractivity contribution < 1.29 is 14.6 Å². The van der Waals surface area contributed by atoms with Gasteiger partial charge in [-0.25, -0.2) is 4.79 Å². The van der Waals surface area contributed by atoms with E-state index in [1.54, 1.807) is 6.92 Å². The molecule has 1 amide bonds. The van der Waals surface area contributed by atoms with Gasteiger partial charge in [-0.2, -0.15) is 0 Å². The molecule has 1 atom stereocenters. The summed E-state index contributed by atoms with van der Waals surface area (Å²) in [7, 11) is 0. The zero-order valence-electron chi connectivity index (χ0n) is 17.9. The summed E-state index contributed by atoms with van der Waals surface area (Å²) in [6.07, 6.45) is 27.7. The number of carbonyl (C=O) groups is 1. The monoisotopic (exact) mass is 391 g/mol. The Hall–Kier alpha value is -1.81. The van der Waals surface area contributed by atoms with Gasteiger partial charge in [0.1, 0.15) is 0 Å². The third-order valence-electron chi connectivity index (χ3n) is 4.00. The van der Waals surface area contributed by atoms with E-state index >= 15 is 0 Å². The van der Waals surface area contributed by atoms with E-state index in [1.807, 2.05) is 0 Å². The Morgan fingerprint density at radius 2 is 1.36 bits per heavy atom. The third kappa shape index (κ3) is 22.2. The van der Waals surface area contributed by atoms with Crippen LogP contribution >= 0.6 is 0 Å². The molecule has 0 fully saturated rings. The summed E-state index contributed by atoms with van der Waals surface area (Å²) in [5.41, 5.74) is 0. The van der Waals surface area contributed by atoms with Gasteiger partial charge in [-0.15, -0.1) is 0 Å². The van der Waals surface area contributed by atoms with Gasteiger partial charge in [0.05, 0.1) is 12.7 Å². The lowest BCUT2D eigenvalue weighted by molar-refractivity contribution is 0.133. The van der Waals surface area contributed by atoms with E-state index in [0.29, 0.717) is 6.61 Å². The van der Waals surface area contributed by atoms with E-state index in [-0.39, 0.29) is 6.54 Å². The normalized spacial score (nSPS) is 13.2. The van der Waals surface area contributed by atoms with Crippen molar-refractivity contribution in [2.24, 2.45) is 0 Å². The van der Waals surface area contributed by atoms with Crippen molar-refractivity contribution >= 4 is 6.09 Å². The number of nitrogens with one attached hydrogen (secondary N) is 1. The maximum absolute atomic E-state index is 11.3. The third-order valence-corrected chi connectivity index (χ3v) is 4.00. The highest BCUT2D eigenvalue weighted by molar-refractivity contribution is 5.67. The minimum absolute atomic E-state index is 0.223. The van der Waals surface area contributed by atoms with Crippen molar-refractivity contribution in [3.63, 3.8) is 0 Å². The highest BCUT2D eigenvalue weighted by atomic mass is 16.5. The van der Waals surface area contributed by atoms with Crippen LogP contribution in [-0.4, -0.2) is 30.5 Å². The van der Waals surface area contributed by atoms with Crippen LogP contribution in [-0.2, 0) is 4.74 Å². The summed E-state index contributed by atoms with van der Waals surface area (Å²) in [6.45, 7) is 4.49. The molecule has 4 nitrogen and oxygen atoms in total. The standard InChI is InChI=1S/C24H41NO3/c1-3-4-5-6-7-8-9-10-11-12-13-14-15-16-17-18-19-20-21-28-24(27)25-22-23(2)26/h7-8,10-11,13-14,16-17,23,26H,3-6,9,12,15,18-22H2,1-2H3,(H,25,27)/b8-7-,11-10-,14-13-,17-16-/t23-/m0/s1. The fourth-order valence-electron chi connectivity index (χ4n) is 2.37. The lowest BCUT2D eigenvalue weighted by Gasteiger charge is -2.07. The second kappa shape index (κ2) is 21.5. The summed E-state index contributed by atoms with van der Waals surface area (Å²) < 4.78 is 5.01. The minimum atomic E-state index is -0.551. The van der Waals surface area contributed by atoms with E-state index < -0.39 is 12.2 Å². The number of allylic oxidation sites excluding steroid dienone is 8. The lowest BCUT2D eigenvalue weighted by atomic mass is 10.2. The van der Waals surface area contributed by atoms with Crippen LogP contribution in [0.3, 0.4) is 0 Å². The molecule has 0 radical (unpaired) electrons. The first-order chi connectivity index (χ1) is 13.7. The van der Waals surface area contributed by atoms with Crippen LogP contribution in [0.25, 0.3) is 0 Å². The number of unbranched alkanes of at least 4 members (excludes halogenated alkanes) is 5. The van der Waals surface area contributed by atoms with E-state index in [9.17, 15) is 4.79 Å². The molecule has 0 bridgehead atoms. The quantitative estimate of drug-likeness (QED) is 0.228. The Morgan fingerprint density at radius 3 is 1.86 bits per heavy atom. The van der Waals surface area contributed by atoms with Gasteiger partial charge in [0.25, 0.3) is 0 Å². The van der Waals surface area contributed by atoms with Gasteiger partial charge in [-0.3, -0.25) is 0 Å². The molecule has 160 valence electrons. The lowest BCUT2D eigenvalue weighted by Crippen LogP contribution is -2.31. The topological polar surface area (TPSA) is 58.6 Å². The molecular formula is C24H41NO3. The number of alkyl carbamates (subject to hydrolysis) is 1. The predicted molar refractivity (Wildman–Crippen MR) is 119 cm³/mol. The Labute approximate surface area is 172 Å². The Balaban J connectivity index is 3.42. The number of hydrogen-bond donors (Lipinski definition) is 2. The summed E-state index contributed by atoms with van der Waals surface area (Å²) in [5.74, 6) is 0. The average Bonchev–Trinajstić information content (AvgIpc) is 2.68. The van der Waals surface area contributed by atoms with Gasteiger partial charge < -0.3 is 15.2 Å². The average molecular weight is 392 g/mol. The number of hydrogen-bond acceptors (Lipinski definition) is 3. The maximum atomic E-state index is 11.3. The van der Waals surface area contributed by atoms with Gasteiger partial charge >= 0.3 is 6.09 Å². The number of ether oxygens (including phenoxy) is 1. The SMILES string of the molecule is CCCCC/C=C\C/C=C\C/C=C\C/C=C\CCCCOC(=O)NC[C@H](C)O. The van der Waals surface area contributed by atoms with Crippen LogP contribution in [0.4, 0.5) is 4.79 Å². The van der Waals surface area contributed by atoms with Crippen LogP contribution in [0.15, 0.2) is 48.6 Å². The number of carbonyl (C=O) groups excluding carboxylic acids is 1. The molecule has 0 aliphatic heterocycles. The summed E-state index contributed by atoms with van der Waals surface area (Å²) in [5, 5.41) is 11.5. The van der Waals surface area contributed by atoms with Crippen LogP contribution in [0.2, 0.25) is 0 Å². The van der Waals surface area contributed by atoms with Crippen molar-refractivity contribution in [2.75, 3.05) is 13.2 Å². The maximum Gasteiger partial charge on any atom is 0.407 e. The van der Waals surface area contributed by atoms with Gasteiger partial charge in [0.2, 0.25) is 0 Å². The summed E-state index contributed by atoms with van der Waals surface area (Å²) >= 11 is 0. The van der Waals surface area contributed by atoms with Gasteiger partial charge in [0, 0.05) is 6.54 Å². The van der Waals surface area contributed by atoms with Crippen LogP contribution in [0, 0.1) is 0 Å². The van der Waals surface area contributed by atoms with E-state index in [0.717, 1.165) is 38.5 Å². The molecule has 0 rings (SSSR count). The Bertz CT molecular complexity index is 464. The van der Waals surface area contributed by atoms with Crippen molar-refractivity contribution in [3.8, 4) is 0 Å². The largest absolute Gasteiger partial charge is 0.450 e. The molecule has 0 aromatic carbocycles. The molecule has 0 unspecified atom stereocenters. The minimum Gasteiger partial charge on any atom is -0.450 e. The molecule has 0 saturated heterocycles. The van der Waals surface area contributed by atoms with Crippen LogP contribution in [0.5, 0.6) is 0 Å². The van der Waals surface area contributed by atoms with Crippen LogP contribution in [0.1, 0.15) is 78.1 Å². The van der Waals surface area contributed by atoms with Gasteiger partial charge in [-0.1, -0.05) is 68.4 Å². The predicted octanol–water partition coefficient (Wildman–Crippen LogP) is 6.24. The Morgan fingerprint density at radius 1 is 0.857 bits per heavy atom. The zero-order chi connectivity index (χ0) is 20.7. The van der Waals surface area contributed by atoms with Crippen molar-refractivity contribution in [2.45, 2.75) is 84.2 Å². The number of aliphatic hydroxyl groups excluding tert-OH is 1. The molecule has 28 heavy (non-hydrogen) atoms. The smallest absolute Gasteiger partial charge is 0.407 e. The zero-order valence-corrected chi connectivity index (χ0v) is 17.9. The number of aliphatic hydroxyl groups is 1. The van der Waals surface area contributed by atoms with E-state index in [1.165, 1.54) is 25.7 Å². The highest BCUT2D eigenvalue weighted by Crippen LogP contribution is 2.01. The van der Waals surface area contributed by atoms with Crippen LogP contribution < -0.4 is 5.32 Å². The number of rotatable bonds is 17. The second-order valence-corrected chi connectivity index (χ2v) is 6.95. The molecular weight excluding hydrogens is 350 g/mol. The van der Waals surface area contributed by atoms with Crippen molar-refractivity contribution in [3.05, 3.63) is 48.6 Å². The van der Waals surface area contributed by atoms with E-state index in [2.05, 4.69) is 60.8 Å². The first-order valence-electron chi connectivity index (χ1n) is 10.9. The first kappa shape index (κ1) is 26.2. The highest BCUT2D eigenvalue weighted by Gasteiger charge is 2.02. The number of amides is 1. The van der Waals surface area contributed by atoms with Crippen molar-refractivity contribution in [1.82, 2.24) is 5.32 Å². The molecule has 0 aromatic rings. The molecule has 0 spiro atoms. The fourth-order valence-corrected chi connectivity index (χ4v) is 2.37. The molecule has 0 aromatic heterocycles. The Kier molecular flexibility index (Phi) is 20.1. The second-order valence-electron chi connectivity index (χ2n) is 6.95. The molecule has 0 aliphatic rings. The van der Waals surface area contributed by atoms with Gasteiger partial charge in [-0.05, 0) is 58.3 Å². The first-order valence-corrected chi connectivity index (χ1v) is 10.9. The molecule has 0 saturated carbocycles.